The highest BCUT2D eigenvalue weighted by Crippen LogP contribution is 2.34. The molecule has 0 atom stereocenters. The Kier molecular flexibility index (Phi) is 2.84. The maximum absolute atomic E-state index is 10.8. The molecule has 11 heavy (non-hydrogen) atoms. The molecule has 0 aliphatic heterocycles. The zero-order valence-corrected chi connectivity index (χ0v) is 6.45. The fourth-order valence-corrected chi connectivity index (χ4v) is 1.34. The van der Waals surface area contributed by atoms with E-state index in [1.165, 1.54) is 7.11 Å². The fraction of sp³-hybridized carbons (Fsp3) is 0.857. The molecule has 1 N–H and O–H groups in total. The molecule has 4 heteroatoms. The molecule has 1 fully saturated rings. The van der Waals surface area contributed by atoms with Gasteiger partial charge in [0, 0.05) is 0 Å². The number of hydrogen-bond donors (Lipinski definition) is 1. The number of rotatable bonds is 3. The zero-order valence-electron chi connectivity index (χ0n) is 6.45. The van der Waals surface area contributed by atoms with E-state index in [9.17, 15) is 4.79 Å². The van der Waals surface area contributed by atoms with Crippen molar-refractivity contribution in [1.82, 2.24) is 0 Å². The highest BCUT2D eigenvalue weighted by molar-refractivity contribution is 5.73. The van der Waals surface area contributed by atoms with Crippen molar-refractivity contribution < 1.29 is 19.7 Å². The summed E-state index contributed by atoms with van der Waals surface area (Å²) in [7, 11) is 1.39. The summed E-state index contributed by atoms with van der Waals surface area (Å²) in [6.07, 6.45) is 1.54. The van der Waals surface area contributed by atoms with E-state index in [2.05, 4.69) is 9.62 Å². The van der Waals surface area contributed by atoms with Crippen molar-refractivity contribution in [1.29, 1.82) is 0 Å². The van der Waals surface area contributed by atoms with E-state index in [4.69, 9.17) is 5.26 Å². The van der Waals surface area contributed by atoms with E-state index in [1.54, 1.807) is 0 Å². The van der Waals surface area contributed by atoms with Gasteiger partial charge in [-0.15, -0.1) is 0 Å². The van der Waals surface area contributed by atoms with Crippen LogP contribution < -0.4 is 0 Å². The van der Waals surface area contributed by atoms with E-state index in [1.807, 2.05) is 0 Å². The summed E-state index contributed by atoms with van der Waals surface area (Å²) < 4.78 is 4.54. The van der Waals surface area contributed by atoms with E-state index in [0.29, 0.717) is 12.5 Å². The van der Waals surface area contributed by atoms with Crippen LogP contribution in [0.3, 0.4) is 0 Å². The molecule has 4 nitrogen and oxygen atoms in total. The molecule has 1 aliphatic carbocycles. The number of methoxy groups -OCH3 is 1. The van der Waals surface area contributed by atoms with Gasteiger partial charge in [0.15, 0.2) is 0 Å². The van der Waals surface area contributed by atoms with Crippen LogP contribution in [0.15, 0.2) is 0 Å². The molecule has 0 unspecified atom stereocenters. The molecule has 1 saturated carbocycles. The SMILES string of the molecule is COC(=O)C1CC(COO)C1. The first kappa shape index (κ1) is 8.49. The lowest BCUT2D eigenvalue weighted by molar-refractivity contribution is -0.257. The number of carbonyl (C=O) groups excluding carboxylic acids is 1. The summed E-state index contributed by atoms with van der Waals surface area (Å²) in [6, 6.07) is 0. The Morgan fingerprint density at radius 3 is 2.73 bits per heavy atom. The third kappa shape index (κ3) is 1.91. The zero-order chi connectivity index (χ0) is 8.27. The minimum Gasteiger partial charge on any atom is -0.469 e. The third-order valence-electron chi connectivity index (χ3n) is 2.08. The summed E-state index contributed by atoms with van der Waals surface area (Å²) in [5, 5.41) is 8.07. The molecule has 0 heterocycles. The molecule has 0 radical (unpaired) electrons. The van der Waals surface area contributed by atoms with Crippen molar-refractivity contribution in [3.05, 3.63) is 0 Å². The van der Waals surface area contributed by atoms with Crippen LogP contribution in [0.2, 0.25) is 0 Å². The number of ether oxygens (including phenoxy) is 1. The van der Waals surface area contributed by atoms with Crippen LogP contribution in [-0.4, -0.2) is 24.9 Å². The minimum absolute atomic E-state index is 0.0279. The van der Waals surface area contributed by atoms with Crippen molar-refractivity contribution in [3.8, 4) is 0 Å². The smallest absolute Gasteiger partial charge is 0.308 e. The minimum atomic E-state index is -0.154. The largest absolute Gasteiger partial charge is 0.469 e. The Morgan fingerprint density at radius 1 is 1.64 bits per heavy atom. The second-order valence-corrected chi connectivity index (χ2v) is 2.85. The van der Waals surface area contributed by atoms with Crippen molar-refractivity contribution in [3.63, 3.8) is 0 Å². The predicted molar refractivity (Wildman–Crippen MR) is 36.8 cm³/mol. The molecule has 0 saturated heterocycles. The predicted octanol–water partition coefficient (Wildman–Crippen LogP) is 0.675. The highest BCUT2D eigenvalue weighted by Gasteiger charge is 2.35. The van der Waals surface area contributed by atoms with Gasteiger partial charge in [-0.2, -0.15) is 0 Å². The first-order chi connectivity index (χ1) is 5.27. The van der Waals surface area contributed by atoms with Gasteiger partial charge in [0.2, 0.25) is 0 Å². The van der Waals surface area contributed by atoms with Gasteiger partial charge in [0.25, 0.3) is 0 Å². The maximum atomic E-state index is 10.8. The summed E-state index contributed by atoms with van der Waals surface area (Å²) >= 11 is 0. The Hall–Kier alpha value is -0.610. The molecule has 0 spiro atoms. The number of esters is 1. The monoisotopic (exact) mass is 160 g/mol. The first-order valence-corrected chi connectivity index (χ1v) is 3.62. The van der Waals surface area contributed by atoms with Gasteiger partial charge in [-0.25, -0.2) is 4.89 Å². The topological polar surface area (TPSA) is 55.8 Å². The van der Waals surface area contributed by atoms with Gasteiger partial charge in [-0.1, -0.05) is 0 Å². The van der Waals surface area contributed by atoms with Crippen LogP contribution in [0.4, 0.5) is 0 Å². The lowest BCUT2D eigenvalue weighted by Crippen LogP contribution is -2.33. The van der Waals surface area contributed by atoms with E-state index in [-0.39, 0.29) is 11.9 Å². The molecular weight excluding hydrogens is 148 g/mol. The second-order valence-electron chi connectivity index (χ2n) is 2.85. The van der Waals surface area contributed by atoms with Crippen molar-refractivity contribution in [2.75, 3.05) is 13.7 Å². The second kappa shape index (κ2) is 3.69. The van der Waals surface area contributed by atoms with E-state index in [0.717, 1.165) is 12.8 Å². The van der Waals surface area contributed by atoms with Crippen LogP contribution in [-0.2, 0) is 14.4 Å². The Balaban J connectivity index is 2.13. The van der Waals surface area contributed by atoms with Gasteiger partial charge >= 0.3 is 5.97 Å². The third-order valence-corrected chi connectivity index (χ3v) is 2.08. The molecule has 64 valence electrons. The Morgan fingerprint density at radius 2 is 2.27 bits per heavy atom. The van der Waals surface area contributed by atoms with E-state index >= 15 is 0 Å². The molecule has 0 bridgehead atoms. The van der Waals surface area contributed by atoms with Gasteiger partial charge in [-0.05, 0) is 18.8 Å². The Labute approximate surface area is 65.0 Å². The summed E-state index contributed by atoms with van der Waals surface area (Å²) in [4.78, 5) is 14.8. The van der Waals surface area contributed by atoms with Crippen LogP contribution in [0.25, 0.3) is 0 Å². The van der Waals surface area contributed by atoms with Crippen LogP contribution in [0.1, 0.15) is 12.8 Å². The summed E-state index contributed by atoms with van der Waals surface area (Å²) in [6.45, 7) is 0.327. The van der Waals surface area contributed by atoms with Gasteiger partial charge < -0.3 is 4.74 Å². The lowest BCUT2D eigenvalue weighted by atomic mass is 9.75. The summed E-state index contributed by atoms with van der Waals surface area (Å²) in [5.41, 5.74) is 0. The van der Waals surface area contributed by atoms with Crippen LogP contribution in [0.5, 0.6) is 0 Å². The first-order valence-electron chi connectivity index (χ1n) is 3.62. The van der Waals surface area contributed by atoms with E-state index < -0.39 is 0 Å². The quantitative estimate of drug-likeness (QED) is 0.374. The number of hydrogen-bond acceptors (Lipinski definition) is 4. The summed E-state index contributed by atoms with van der Waals surface area (Å²) in [5.74, 6) is 0.198. The maximum Gasteiger partial charge on any atom is 0.308 e. The van der Waals surface area contributed by atoms with Crippen LogP contribution >= 0.6 is 0 Å². The highest BCUT2D eigenvalue weighted by atomic mass is 17.1. The fourth-order valence-electron chi connectivity index (χ4n) is 1.34. The Bertz CT molecular complexity index is 139. The molecular formula is C7H12O4. The standard InChI is InChI=1S/C7H12O4/c1-10-7(8)6-2-5(3-6)4-11-9/h5-6,9H,2-4H2,1H3. The average Bonchev–Trinajstić information content (AvgIpc) is 1.94. The molecule has 0 aromatic rings. The molecule has 0 aromatic carbocycles. The van der Waals surface area contributed by atoms with Crippen molar-refractivity contribution >= 4 is 5.97 Å². The van der Waals surface area contributed by atoms with Gasteiger partial charge in [0.05, 0.1) is 19.6 Å². The lowest BCUT2D eigenvalue weighted by Gasteiger charge is -2.31. The number of carbonyl (C=O) groups is 1. The van der Waals surface area contributed by atoms with Gasteiger partial charge in [-0.3, -0.25) is 10.1 Å². The van der Waals surface area contributed by atoms with Crippen LogP contribution in [0, 0.1) is 11.8 Å². The normalized spacial score (nSPS) is 29.3. The van der Waals surface area contributed by atoms with Gasteiger partial charge in [0.1, 0.15) is 0 Å². The molecule has 1 rings (SSSR count). The van der Waals surface area contributed by atoms with Crippen molar-refractivity contribution in [2.45, 2.75) is 12.8 Å². The molecule has 1 aliphatic rings. The average molecular weight is 160 g/mol. The van der Waals surface area contributed by atoms with Crippen molar-refractivity contribution in [2.24, 2.45) is 11.8 Å². The molecule has 0 amide bonds. The molecule has 0 aromatic heterocycles.